The number of imidazole rings is 1. The number of carboxylic acid groups (broad SMARTS) is 1. The number of primary amides is 2. The summed E-state index contributed by atoms with van der Waals surface area (Å²) < 4.78 is 21.6. The number of carbonyl (C=O) groups is 14. The predicted octanol–water partition coefficient (Wildman–Crippen LogP) is -1.68. The maximum absolute atomic E-state index is 15.6. The van der Waals surface area contributed by atoms with Crippen LogP contribution in [0.4, 0.5) is 4.39 Å². The number of ether oxygens (including phenoxy) is 1. The van der Waals surface area contributed by atoms with E-state index in [1.54, 1.807) is 24.3 Å². The number of H-pyrrole nitrogens is 2. The molecular weight excluding hydrogens is 1560 g/mol. The molecule has 0 unspecified atom stereocenters. The van der Waals surface area contributed by atoms with E-state index in [4.69, 9.17) is 27.7 Å². The highest BCUT2D eigenvalue weighted by atomic mass is 19.1. The molecular formula is C81H110FN19O19. The van der Waals surface area contributed by atoms with Crippen molar-refractivity contribution in [1.82, 2.24) is 78.4 Å². The summed E-state index contributed by atoms with van der Waals surface area (Å²) in [5, 5.41) is 77.9. The SMILES string of the molecule is CCc1cc(OCCCCN)ccc1-c1ccc(C[C@H](NC(=O)[C@H](CC(=O)O)NC(=O)[C@H](CO)NC(=O)[C@@H](NC(=O)[C@@](C)(CC(=O)[C@@H](NC(=O)CCC(=O)[C@H](Cc2nn[nH]n2)NC(=O)[C@H](C)NC(=O)[C@H](Cc2c[nH]cn2)NC(=O)[C@@H](N)CCC(N)=O)[C@@H](C)O)Cc2ccccc2F)[C@@H](C)O)C(=O)N[C@@H](CCCc2cc(C)cc(C)c2)C(N)=O)cc1. The van der Waals surface area contributed by atoms with Gasteiger partial charge in [0.25, 0.3) is 0 Å². The lowest BCUT2D eigenvalue weighted by molar-refractivity contribution is -0.142. The summed E-state index contributed by atoms with van der Waals surface area (Å²) in [6.45, 7) is 10.2. The Hall–Kier alpha value is -12.3. The number of hydrogen-bond donors (Lipinski definition) is 19. The molecule has 0 fully saturated rings. The topological polar surface area (TPSA) is 625 Å². The van der Waals surface area contributed by atoms with E-state index < -0.39 is 212 Å². The number of aliphatic hydroxyl groups is 3. The van der Waals surface area contributed by atoms with E-state index in [-0.39, 0.29) is 43.5 Å². The Morgan fingerprint density at radius 2 is 1.24 bits per heavy atom. The summed E-state index contributed by atoms with van der Waals surface area (Å²) in [5.74, 6) is -15.3. The fourth-order valence-corrected chi connectivity index (χ4v) is 13.1. The number of nitrogens with zero attached hydrogens (tertiary/aromatic N) is 4. The maximum Gasteiger partial charge on any atom is 0.305 e. The number of benzene rings is 4. The molecule has 6 rings (SSSR count). The monoisotopic (exact) mass is 1670 g/mol. The molecule has 0 aliphatic carbocycles. The first-order chi connectivity index (χ1) is 56.9. The molecule has 0 aliphatic rings. The molecule has 6 aromatic rings. The van der Waals surface area contributed by atoms with Crippen LogP contribution in [0.1, 0.15) is 144 Å². The number of nitrogens with one attached hydrogen (secondary N) is 11. The van der Waals surface area contributed by atoms with Crippen molar-refractivity contribution in [3.05, 3.63) is 148 Å². The van der Waals surface area contributed by atoms with Gasteiger partial charge in [0.15, 0.2) is 17.4 Å². The van der Waals surface area contributed by atoms with Crippen molar-refractivity contribution in [2.45, 2.75) is 224 Å². The zero-order valence-corrected chi connectivity index (χ0v) is 68.0. The number of aryl methyl sites for hydroxylation is 4. The third kappa shape index (κ3) is 30.9. The summed E-state index contributed by atoms with van der Waals surface area (Å²) in [6.07, 6.45) is -3.08. The number of amides is 11. The second-order valence-corrected chi connectivity index (χ2v) is 29.9. The number of hydrogen-bond acceptors (Lipinski definition) is 24. The summed E-state index contributed by atoms with van der Waals surface area (Å²) in [4.78, 5) is 199. The molecule has 38 nitrogen and oxygen atoms in total. The molecule has 0 saturated heterocycles. The van der Waals surface area contributed by atoms with Gasteiger partial charge in [0.1, 0.15) is 59.9 Å². The number of rotatable bonds is 52. The number of tetrazole rings is 1. The molecule has 0 bridgehead atoms. The van der Waals surface area contributed by atoms with Gasteiger partial charge in [0.2, 0.25) is 65.0 Å². The number of ketones is 2. The first-order valence-electron chi connectivity index (χ1n) is 39.3. The third-order valence-corrected chi connectivity index (χ3v) is 19.7. The largest absolute Gasteiger partial charge is 0.494 e. The van der Waals surface area contributed by atoms with Crippen LogP contribution < -0.4 is 75.5 Å². The van der Waals surface area contributed by atoms with Crippen LogP contribution in [0.25, 0.3) is 11.1 Å². The molecule has 2 heterocycles. The number of unbranched alkanes of at least 4 members (excludes halogenated alkanes) is 1. The average molecular weight is 1670 g/mol. The maximum atomic E-state index is 15.6. The van der Waals surface area contributed by atoms with Crippen molar-refractivity contribution >= 4 is 82.5 Å². The molecule has 23 N–H and O–H groups in total. The van der Waals surface area contributed by atoms with Crippen molar-refractivity contribution in [3.63, 3.8) is 0 Å². The van der Waals surface area contributed by atoms with Crippen LogP contribution >= 0.6 is 0 Å². The molecule has 2 aromatic heterocycles. The number of aliphatic hydroxyl groups excluding tert-OH is 3. The van der Waals surface area contributed by atoms with E-state index in [1.165, 1.54) is 37.6 Å². The number of halogens is 1. The average Bonchev–Trinajstić information content (AvgIpc) is 0.890. The van der Waals surface area contributed by atoms with Crippen LogP contribution in [0.3, 0.4) is 0 Å². The van der Waals surface area contributed by atoms with Gasteiger partial charge >= 0.3 is 5.97 Å². The number of aliphatic carboxylic acids is 1. The highest BCUT2D eigenvalue weighted by Gasteiger charge is 2.43. The van der Waals surface area contributed by atoms with E-state index in [0.29, 0.717) is 49.4 Å². The summed E-state index contributed by atoms with van der Waals surface area (Å²) in [6, 6.07) is 7.17. The van der Waals surface area contributed by atoms with Gasteiger partial charge in [-0.05, 0) is 144 Å². The van der Waals surface area contributed by atoms with Crippen molar-refractivity contribution < 1.29 is 96.7 Å². The van der Waals surface area contributed by atoms with E-state index in [1.807, 2.05) is 57.2 Å². The number of aromatic nitrogens is 6. The fraction of sp³-hybridized carbons (Fsp3) is 0.481. The second kappa shape index (κ2) is 47.3. The summed E-state index contributed by atoms with van der Waals surface area (Å²) >= 11 is 0. The molecule has 13 atom stereocenters. The third-order valence-electron chi connectivity index (χ3n) is 19.7. The lowest BCUT2D eigenvalue weighted by Gasteiger charge is -2.33. The quantitative estimate of drug-likeness (QED) is 0.0190. The van der Waals surface area contributed by atoms with E-state index in [2.05, 4.69) is 78.4 Å². The predicted molar refractivity (Wildman–Crippen MR) is 431 cm³/mol. The van der Waals surface area contributed by atoms with Crippen molar-refractivity contribution in [3.8, 4) is 16.9 Å². The van der Waals surface area contributed by atoms with Gasteiger partial charge < -0.3 is 101 Å². The molecule has 120 heavy (non-hydrogen) atoms. The molecule has 39 heteroatoms. The van der Waals surface area contributed by atoms with Crippen LogP contribution in [0.2, 0.25) is 0 Å². The van der Waals surface area contributed by atoms with Gasteiger partial charge in [0, 0.05) is 51.1 Å². The molecule has 0 aliphatic heterocycles. The zero-order chi connectivity index (χ0) is 88.5. The Balaban J connectivity index is 1.16. The van der Waals surface area contributed by atoms with Crippen molar-refractivity contribution in [1.29, 1.82) is 0 Å². The fourth-order valence-electron chi connectivity index (χ4n) is 13.1. The van der Waals surface area contributed by atoms with Gasteiger partial charge in [0.05, 0.1) is 61.4 Å². The Morgan fingerprint density at radius 1 is 0.617 bits per heavy atom. The molecule has 0 saturated carbocycles. The zero-order valence-electron chi connectivity index (χ0n) is 68.0. The van der Waals surface area contributed by atoms with Crippen LogP contribution in [0.5, 0.6) is 5.75 Å². The van der Waals surface area contributed by atoms with Gasteiger partial charge in [-0.25, -0.2) is 9.37 Å². The first-order valence-corrected chi connectivity index (χ1v) is 39.3. The smallest absolute Gasteiger partial charge is 0.305 e. The number of aromatic amines is 2. The first kappa shape index (κ1) is 96.5. The molecule has 0 spiro atoms. The van der Waals surface area contributed by atoms with Crippen LogP contribution in [-0.4, -0.2) is 226 Å². The Kier molecular flexibility index (Phi) is 38.0. The van der Waals surface area contributed by atoms with Gasteiger partial charge in [-0.15, -0.1) is 10.2 Å². The highest BCUT2D eigenvalue weighted by molar-refractivity contribution is 6.00. The second-order valence-electron chi connectivity index (χ2n) is 29.9. The number of carbonyl (C=O) groups excluding carboxylic acids is 13. The standard InChI is InChI=1S/C81H110FN19O19/c1-8-50-34-54(120-29-12-11-28-83)22-23-55(50)51-20-18-48(19-21-51)33-60(76(115)90-58(72(86)111)17-13-14-49-31-43(2)30-44(3)32-49)93-77(116)62(37-69(109)110)94-78(117)63(41-102)95-79(118)71(47(6)104)97-80(119)81(7,38-52-15-9-10-16-56(52)82)39-65(106)70(46(5)103)96-68(108)27-25-64(105)59(36-67-98-100-101-99-67)91-73(112)45(4)89-75(114)61(35-53-40-87-42-88-53)92-74(113)57(84)24-26-66(85)107/h9-10,15-16,18-23,30-32,34,40,42,45-47,57-63,70-71,102-104H,8,11-14,17,24-29,33,35-39,41,83-84H2,1-7H3,(H2,85,107)(H2,86,111)(H,87,88)(H,89,114)(H,90,115)(H,91,112)(H,92,113)(H,93,116)(H,94,117)(H,95,118)(H,96,108)(H,97,119)(H,109,110)(H,98,99,100,101)/t45-,46+,47+,57-,58-,59-,60-,61-,62-,63-,70-,71-,81+/m0/s1. The van der Waals surface area contributed by atoms with Gasteiger partial charge in [-0.1, -0.05) is 96.9 Å². The molecule has 11 amide bonds. The Morgan fingerprint density at radius 3 is 1.85 bits per heavy atom. The summed E-state index contributed by atoms with van der Waals surface area (Å²) in [5.41, 5.74) is 26.8. The van der Waals surface area contributed by atoms with Crippen molar-refractivity contribution in [2.75, 3.05) is 19.8 Å². The lowest BCUT2D eigenvalue weighted by atomic mass is 9.76. The van der Waals surface area contributed by atoms with Crippen molar-refractivity contribution in [2.24, 2.45) is 28.3 Å². The molecule has 0 radical (unpaired) electrons. The van der Waals surface area contributed by atoms with Gasteiger partial charge in [-0.3, -0.25) is 67.1 Å². The van der Waals surface area contributed by atoms with E-state index in [9.17, 15) is 87.5 Å². The van der Waals surface area contributed by atoms with Crippen LogP contribution in [-0.2, 0) is 106 Å². The normalized spacial score (nSPS) is 14.7. The highest BCUT2D eigenvalue weighted by Crippen LogP contribution is 2.32. The number of Topliss-reactive ketones (excluding diaryl/α,β-unsaturated/α-hetero) is 2. The van der Waals surface area contributed by atoms with Crippen LogP contribution in [0, 0.1) is 25.1 Å². The minimum absolute atomic E-state index is 0.0700. The number of carboxylic acids is 1. The number of nitrogens with two attached hydrogens (primary N) is 4. The van der Waals surface area contributed by atoms with Gasteiger partial charge in [-0.2, -0.15) is 5.21 Å². The van der Waals surface area contributed by atoms with E-state index in [0.717, 1.165) is 73.1 Å². The Bertz CT molecular complexity index is 4490. The molecule has 4 aromatic carbocycles. The lowest BCUT2D eigenvalue weighted by Crippen LogP contribution is -2.62. The summed E-state index contributed by atoms with van der Waals surface area (Å²) in [7, 11) is 0. The van der Waals surface area contributed by atoms with Crippen LogP contribution in [0.15, 0.2) is 97.5 Å². The minimum Gasteiger partial charge on any atom is -0.494 e. The van der Waals surface area contributed by atoms with E-state index >= 15 is 4.39 Å². The Labute approximate surface area is 691 Å². The molecule has 650 valence electrons. The minimum atomic E-state index is -2.18.